The second-order valence-electron chi connectivity index (χ2n) is 8.99. The number of nitrogens with zero attached hydrogens (tertiary/aromatic N) is 4. The van der Waals surface area contributed by atoms with Crippen LogP contribution in [0.2, 0.25) is 0 Å². The van der Waals surface area contributed by atoms with Gasteiger partial charge in [-0.25, -0.2) is 15.2 Å². The maximum Gasteiger partial charge on any atom is 0.349 e. The molecule has 5 heterocycles. The summed E-state index contributed by atoms with van der Waals surface area (Å²) in [5.41, 5.74) is 7.24. The fourth-order valence-electron chi connectivity index (χ4n) is 4.98. The summed E-state index contributed by atoms with van der Waals surface area (Å²) >= 11 is 0. The summed E-state index contributed by atoms with van der Waals surface area (Å²) in [5, 5.41) is 12.7. The number of furan rings is 1. The molecule has 0 spiro atoms. The lowest BCUT2D eigenvalue weighted by atomic mass is 10.0. The second-order valence-corrected chi connectivity index (χ2v) is 8.99. The van der Waals surface area contributed by atoms with Crippen LogP contribution in [0.4, 0.5) is 0 Å². The summed E-state index contributed by atoms with van der Waals surface area (Å²) in [5.74, 6) is 0.573. The first-order chi connectivity index (χ1) is 17.5. The molecule has 1 saturated heterocycles. The Kier molecular flexibility index (Phi) is 6.50. The third kappa shape index (κ3) is 4.03. The Morgan fingerprint density at radius 2 is 2.25 bits per heavy atom. The van der Waals surface area contributed by atoms with Crippen LogP contribution in [0, 0.1) is 5.41 Å². The van der Waals surface area contributed by atoms with Gasteiger partial charge in [0.15, 0.2) is 11.2 Å². The largest absolute Gasteiger partial charge is 0.494 e. The maximum absolute atomic E-state index is 13.6. The summed E-state index contributed by atoms with van der Waals surface area (Å²) in [6, 6.07) is 1.70. The molecule has 5 rings (SSSR count). The molecule has 3 aromatic rings. The van der Waals surface area contributed by atoms with E-state index in [4.69, 9.17) is 24.3 Å². The van der Waals surface area contributed by atoms with Crippen LogP contribution in [0.3, 0.4) is 0 Å². The first kappa shape index (κ1) is 24.0. The Hall–Kier alpha value is -3.70. The van der Waals surface area contributed by atoms with Crippen LogP contribution in [0.25, 0.3) is 33.3 Å². The van der Waals surface area contributed by atoms with Crippen molar-refractivity contribution in [3.8, 4) is 5.75 Å². The normalized spacial score (nSPS) is 20.7. The zero-order valence-electron chi connectivity index (χ0n) is 20.9. The van der Waals surface area contributed by atoms with Crippen molar-refractivity contribution in [2.45, 2.75) is 38.3 Å². The van der Waals surface area contributed by atoms with Gasteiger partial charge in [0.25, 0.3) is 0 Å². The van der Waals surface area contributed by atoms with Gasteiger partial charge in [0.2, 0.25) is 0 Å². The number of fused-ring (bicyclic) bond motifs is 3. The second kappa shape index (κ2) is 9.75. The molecular formula is C25H31N7O4. The highest BCUT2D eigenvalue weighted by Crippen LogP contribution is 2.38. The minimum atomic E-state index is -0.397. The maximum atomic E-state index is 13.6. The number of hydrogen-bond acceptors (Lipinski definition) is 10. The predicted octanol–water partition coefficient (Wildman–Crippen LogP) is 2.68. The standard InChI is InChI=1S/C25H31N7O4/c1-5-17-8-16(6-7-35-17)32-23-22-19(9-18(34-4)20(29-22)15-12-28-31(3)13-15)36-24(23)21(30-25(32)33)14(10-26)11-27-2/h9-11,13,16-17,26-28H,5-8,12H2,1-4H3/b14-11+,26-10?/t16-,17-/m0/s1. The Morgan fingerprint density at radius 3 is 2.92 bits per heavy atom. The average Bonchev–Trinajstić information content (AvgIpc) is 3.49. The van der Waals surface area contributed by atoms with E-state index >= 15 is 0 Å². The molecule has 0 amide bonds. The minimum Gasteiger partial charge on any atom is -0.494 e. The lowest BCUT2D eigenvalue weighted by Crippen LogP contribution is -2.34. The lowest BCUT2D eigenvalue weighted by molar-refractivity contribution is -0.00711. The van der Waals surface area contributed by atoms with Gasteiger partial charge in [-0.2, -0.15) is 4.98 Å². The van der Waals surface area contributed by atoms with E-state index in [0.717, 1.165) is 18.2 Å². The van der Waals surface area contributed by atoms with Crippen molar-refractivity contribution in [2.75, 3.05) is 34.4 Å². The summed E-state index contributed by atoms with van der Waals surface area (Å²) in [6.07, 6.45) is 7.06. The topological polar surface area (TPSA) is 131 Å². The van der Waals surface area contributed by atoms with Crippen molar-refractivity contribution in [3.63, 3.8) is 0 Å². The van der Waals surface area contributed by atoms with Gasteiger partial charge in [0.05, 0.1) is 13.2 Å². The molecule has 2 atom stereocenters. The Balaban J connectivity index is 1.84. The van der Waals surface area contributed by atoms with Crippen molar-refractivity contribution in [1.29, 1.82) is 5.41 Å². The van der Waals surface area contributed by atoms with E-state index in [9.17, 15) is 4.79 Å². The molecule has 0 radical (unpaired) electrons. The van der Waals surface area contributed by atoms with E-state index in [1.165, 1.54) is 0 Å². The molecule has 3 aromatic heterocycles. The van der Waals surface area contributed by atoms with Crippen molar-refractivity contribution >= 4 is 39.6 Å². The van der Waals surface area contributed by atoms with Crippen LogP contribution in [-0.4, -0.2) is 66.2 Å². The third-order valence-electron chi connectivity index (χ3n) is 6.75. The van der Waals surface area contributed by atoms with Gasteiger partial charge < -0.3 is 29.6 Å². The van der Waals surface area contributed by atoms with E-state index in [0.29, 0.717) is 70.9 Å². The number of hydrazine groups is 1. The monoisotopic (exact) mass is 493 g/mol. The number of methoxy groups -OCH3 is 1. The van der Waals surface area contributed by atoms with E-state index < -0.39 is 5.69 Å². The van der Waals surface area contributed by atoms with Gasteiger partial charge in [0.1, 0.15) is 28.2 Å². The van der Waals surface area contributed by atoms with Gasteiger partial charge in [-0.1, -0.05) is 6.92 Å². The van der Waals surface area contributed by atoms with Crippen LogP contribution >= 0.6 is 0 Å². The number of pyridine rings is 1. The summed E-state index contributed by atoms with van der Waals surface area (Å²) in [4.78, 5) is 23.0. The van der Waals surface area contributed by atoms with E-state index in [2.05, 4.69) is 22.7 Å². The van der Waals surface area contributed by atoms with Gasteiger partial charge >= 0.3 is 5.69 Å². The SMILES string of the molecule is CC[C@H]1C[C@@H](n2c(=O)nc(/C(C=N)=C/NC)c3oc4cc(OC)c(C5=CN(C)NC5)nc4c32)CCO1. The van der Waals surface area contributed by atoms with Crippen molar-refractivity contribution in [1.82, 2.24) is 30.3 Å². The molecule has 0 aliphatic carbocycles. The Labute approximate surface area is 208 Å². The van der Waals surface area contributed by atoms with Crippen molar-refractivity contribution < 1.29 is 13.9 Å². The van der Waals surface area contributed by atoms with Crippen LogP contribution in [0.15, 0.2) is 27.7 Å². The molecule has 3 N–H and O–H groups in total. The van der Waals surface area contributed by atoms with Crippen molar-refractivity contribution in [2.24, 2.45) is 0 Å². The molecule has 0 bridgehead atoms. The first-order valence-electron chi connectivity index (χ1n) is 12.1. The average molecular weight is 494 g/mol. The quantitative estimate of drug-likeness (QED) is 0.425. The molecule has 0 aromatic carbocycles. The van der Waals surface area contributed by atoms with E-state index in [1.807, 2.05) is 18.3 Å². The predicted molar refractivity (Wildman–Crippen MR) is 138 cm³/mol. The molecule has 36 heavy (non-hydrogen) atoms. The number of nitrogens with one attached hydrogen (secondary N) is 3. The number of hydrogen-bond donors (Lipinski definition) is 3. The Bertz CT molecular complexity index is 1440. The molecule has 2 aliphatic rings. The first-order valence-corrected chi connectivity index (χ1v) is 12.1. The number of rotatable bonds is 7. The zero-order valence-corrected chi connectivity index (χ0v) is 20.9. The summed E-state index contributed by atoms with van der Waals surface area (Å²) in [6.45, 7) is 3.25. The van der Waals surface area contributed by atoms with Gasteiger partial charge in [0, 0.05) is 69.1 Å². The van der Waals surface area contributed by atoms with Crippen LogP contribution < -0.4 is 21.2 Å². The molecule has 0 saturated carbocycles. The molecule has 190 valence electrons. The Morgan fingerprint density at radius 1 is 1.42 bits per heavy atom. The van der Waals surface area contributed by atoms with E-state index in [-0.39, 0.29) is 12.1 Å². The minimum absolute atomic E-state index is 0.0683. The fraction of sp³-hybridized carbons (Fsp3) is 0.440. The number of ether oxygens (including phenoxy) is 2. The number of allylic oxidation sites excluding steroid dienone is 1. The molecule has 2 aliphatic heterocycles. The van der Waals surface area contributed by atoms with Gasteiger partial charge in [-0.3, -0.25) is 4.57 Å². The molecule has 11 nitrogen and oxygen atoms in total. The zero-order chi connectivity index (χ0) is 25.4. The van der Waals surface area contributed by atoms with Crippen LogP contribution in [0.5, 0.6) is 5.75 Å². The molecule has 1 fully saturated rings. The highest BCUT2D eigenvalue weighted by atomic mass is 16.5. The molecule has 11 heteroatoms. The van der Waals surface area contributed by atoms with Gasteiger partial charge in [-0.15, -0.1) is 0 Å². The highest BCUT2D eigenvalue weighted by molar-refractivity contribution is 6.14. The summed E-state index contributed by atoms with van der Waals surface area (Å²) < 4.78 is 19.6. The van der Waals surface area contributed by atoms with Crippen LogP contribution in [-0.2, 0) is 4.74 Å². The van der Waals surface area contributed by atoms with Gasteiger partial charge in [-0.05, 0) is 19.3 Å². The molecular weight excluding hydrogens is 462 g/mol. The fourth-order valence-corrected chi connectivity index (χ4v) is 4.98. The summed E-state index contributed by atoms with van der Waals surface area (Å²) in [7, 11) is 5.25. The highest BCUT2D eigenvalue weighted by Gasteiger charge is 2.30. The lowest BCUT2D eigenvalue weighted by Gasteiger charge is -2.30. The smallest absolute Gasteiger partial charge is 0.349 e. The van der Waals surface area contributed by atoms with Crippen LogP contribution in [0.1, 0.15) is 43.6 Å². The van der Waals surface area contributed by atoms with E-state index in [1.54, 1.807) is 31.0 Å². The van der Waals surface area contributed by atoms with Crippen molar-refractivity contribution in [3.05, 3.63) is 40.3 Å². The third-order valence-corrected chi connectivity index (χ3v) is 6.75. The number of aromatic nitrogens is 3. The molecule has 0 unspecified atom stereocenters.